The Labute approximate surface area is 196 Å². The number of nitrogens with two attached hydrogens (primary N) is 1. The highest BCUT2D eigenvalue weighted by Gasteiger charge is 2.22. The van der Waals surface area contributed by atoms with Gasteiger partial charge in [-0.05, 0) is 67.7 Å². The average Bonchev–Trinajstić information content (AvgIpc) is 2.81. The van der Waals surface area contributed by atoms with Crippen LogP contribution >= 0.6 is 17.0 Å². The first-order valence-electron chi connectivity index (χ1n) is 10.7. The minimum atomic E-state index is 0. The average molecular weight is 491 g/mol. The Bertz CT molecular complexity index is 790. The second kappa shape index (κ2) is 13.2. The molecule has 1 atom stereocenters. The largest absolute Gasteiger partial charge is 0.497 e. The Morgan fingerprint density at radius 1 is 0.968 bits per heavy atom. The van der Waals surface area contributed by atoms with Crippen LogP contribution in [-0.4, -0.2) is 51.3 Å². The SMILES string of the molecule is Br.COc1ccc(CCNC(N)=NCC(c2ccc(OC)cc2)N2CCCCC2)cc1. The van der Waals surface area contributed by atoms with Crippen molar-refractivity contribution in [1.82, 2.24) is 10.2 Å². The molecule has 0 aromatic heterocycles. The molecule has 0 radical (unpaired) electrons. The van der Waals surface area contributed by atoms with E-state index in [2.05, 4.69) is 39.5 Å². The molecule has 31 heavy (non-hydrogen) atoms. The predicted molar refractivity (Wildman–Crippen MR) is 133 cm³/mol. The second-order valence-corrected chi connectivity index (χ2v) is 7.64. The maximum atomic E-state index is 6.17. The molecule has 2 aromatic carbocycles. The van der Waals surface area contributed by atoms with E-state index in [9.17, 15) is 0 Å². The lowest BCUT2D eigenvalue weighted by Gasteiger charge is -2.34. The Hall–Kier alpha value is -2.25. The van der Waals surface area contributed by atoms with Gasteiger partial charge in [0.15, 0.2) is 5.96 Å². The molecular weight excluding hydrogens is 456 g/mol. The lowest BCUT2D eigenvalue weighted by molar-refractivity contribution is 0.168. The molecule has 0 saturated carbocycles. The molecule has 1 aliphatic rings. The molecule has 1 saturated heterocycles. The van der Waals surface area contributed by atoms with Crippen LogP contribution in [0.15, 0.2) is 53.5 Å². The summed E-state index contributed by atoms with van der Waals surface area (Å²) in [7, 11) is 3.37. The van der Waals surface area contributed by atoms with E-state index in [0.717, 1.165) is 37.6 Å². The van der Waals surface area contributed by atoms with E-state index < -0.39 is 0 Å². The molecule has 1 unspecified atom stereocenters. The van der Waals surface area contributed by atoms with Gasteiger partial charge in [-0.15, -0.1) is 17.0 Å². The number of rotatable bonds is 9. The topological polar surface area (TPSA) is 72.1 Å². The molecule has 2 aromatic rings. The minimum Gasteiger partial charge on any atom is -0.497 e. The zero-order chi connectivity index (χ0) is 21.2. The summed E-state index contributed by atoms with van der Waals surface area (Å²) in [5.74, 6) is 2.24. The number of methoxy groups -OCH3 is 2. The molecule has 6 nitrogen and oxygen atoms in total. The van der Waals surface area contributed by atoms with Crippen molar-refractivity contribution in [2.45, 2.75) is 31.7 Å². The maximum absolute atomic E-state index is 6.17. The smallest absolute Gasteiger partial charge is 0.188 e. The highest BCUT2D eigenvalue weighted by molar-refractivity contribution is 8.93. The van der Waals surface area contributed by atoms with Crippen molar-refractivity contribution < 1.29 is 9.47 Å². The molecule has 1 fully saturated rings. The maximum Gasteiger partial charge on any atom is 0.188 e. The molecular formula is C24H35BrN4O2. The third-order valence-corrected chi connectivity index (χ3v) is 5.65. The van der Waals surface area contributed by atoms with E-state index in [1.807, 2.05) is 24.3 Å². The number of piperidine rings is 1. The van der Waals surface area contributed by atoms with Crippen LogP contribution in [-0.2, 0) is 6.42 Å². The monoisotopic (exact) mass is 490 g/mol. The van der Waals surface area contributed by atoms with Gasteiger partial charge >= 0.3 is 0 Å². The van der Waals surface area contributed by atoms with Crippen LogP contribution < -0.4 is 20.5 Å². The molecule has 0 aliphatic carbocycles. The van der Waals surface area contributed by atoms with Gasteiger partial charge in [0.2, 0.25) is 0 Å². The first-order chi connectivity index (χ1) is 14.7. The third-order valence-electron chi connectivity index (χ3n) is 5.65. The first kappa shape index (κ1) is 25.0. The number of likely N-dealkylation sites (tertiary alicyclic amines) is 1. The quantitative estimate of drug-likeness (QED) is 0.411. The number of hydrogen-bond acceptors (Lipinski definition) is 4. The minimum absolute atomic E-state index is 0. The fourth-order valence-electron chi connectivity index (χ4n) is 3.86. The Kier molecular flexibility index (Phi) is 10.7. The number of hydrogen-bond donors (Lipinski definition) is 2. The fraction of sp³-hybridized carbons (Fsp3) is 0.458. The number of guanidine groups is 1. The molecule has 1 heterocycles. The highest BCUT2D eigenvalue weighted by atomic mass is 79.9. The van der Waals surface area contributed by atoms with Gasteiger partial charge in [0.25, 0.3) is 0 Å². The summed E-state index contributed by atoms with van der Waals surface area (Å²) < 4.78 is 10.5. The lowest BCUT2D eigenvalue weighted by Crippen LogP contribution is -2.37. The number of halogens is 1. The summed E-state index contributed by atoms with van der Waals surface area (Å²) >= 11 is 0. The van der Waals surface area contributed by atoms with Gasteiger partial charge in [-0.25, -0.2) is 0 Å². The van der Waals surface area contributed by atoms with Crippen LogP contribution in [0, 0.1) is 0 Å². The summed E-state index contributed by atoms with van der Waals surface area (Å²) in [5, 5.41) is 3.25. The highest BCUT2D eigenvalue weighted by Crippen LogP contribution is 2.26. The lowest BCUT2D eigenvalue weighted by atomic mass is 10.0. The van der Waals surface area contributed by atoms with E-state index >= 15 is 0 Å². The summed E-state index contributed by atoms with van der Waals surface area (Å²) in [4.78, 5) is 7.19. The number of nitrogens with zero attached hydrogens (tertiary/aromatic N) is 2. The first-order valence-corrected chi connectivity index (χ1v) is 10.7. The van der Waals surface area contributed by atoms with Crippen molar-refractivity contribution in [3.05, 3.63) is 59.7 Å². The molecule has 1 aliphatic heterocycles. The van der Waals surface area contributed by atoms with Gasteiger partial charge in [0, 0.05) is 6.54 Å². The van der Waals surface area contributed by atoms with E-state index in [-0.39, 0.29) is 23.0 Å². The van der Waals surface area contributed by atoms with Gasteiger partial charge in [-0.2, -0.15) is 0 Å². The summed E-state index contributed by atoms with van der Waals surface area (Å²) in [6, 6.07) is 16.7. The van der Waals surface area contributed by atoms with Crippen LogP contribution in [0.2, 0.25) is 0 Å². The van der Waals surface area contributed by atoms with E-state index in [1.54, 1.807) is 14.2 Å². The van der Waals surface area contributed by atoms with E-state index in [0.29, 0.717) is 12.5 Å². The molecule has 0 amide bonds. The Morgan fingerprint density at radius 2 is 1.55 bits per heavy atom. The third kappa shape index (κ3) is 7.74. The van der Waals surface area contributed by atoms with Crippen molar-refractivity contribution in [2.75, 3.05) is 40.4 Å². The number of ether oxygens (including phenoxy) is 2. The number of aliphatic imine (C=N–C) groups is 1. The zero-order valence-electron chi connectivity index (χ0n) is 18.5. The van der Waals surface area contributed by atoms with Crippen molar-refractivity contribution in [3.8, 4) is 11.5 Å². The van der Waals surface area contributed by atoms with Crippen molar-refractivity contribution in [1.29, 1.82) is 0 Å². The summed E-state index contributed by atoms with van der Waals surface area (Å²) in [6.45, 7) is 3.61. The van der Waals surface area contributed by atoms with Gasteiger partial charge < -0.3 is 20.5 Å². The second-order valence-electron chi connectivity index (χ2n) is 7.64. The Morgan fingerprint density at radius 3 is 2.13 bits per heavy atom. The van der Waals surface area contributed by atoms with Gasteiger partial charge in [0.05, 0.1) is 26.8 Å². The van der Waals surface area contributed by atoms with Crippen molar-refractivity contribution >= 4 is 22.9 Å². The molecule has 170 valence electrons. The van der Waals surface area contributed by atoms with E-state index in [1.165, 1.54) is 30.4 Å². The standard InChI is InChI=1S/C24H34N4O2.BrH/c1-29-21-10-6-19(7-11-21)14-15-26-24(25)27-18-23(28-16-4-3-5-17-28)20-8-12-22(30-2)13-9-20;/h6-13,23H,3-5,14-18H2,1-2H3,(H3,25,26,27);1H. The molecule has 3 N–H and O–H groups in total. The van der Waals surface area contributed by atoms with E-state index in [4.69, 9.17) is 15.2 Å². The molecule has 7 heteroatoms. The normalized spacial score (nSPS) is 15.6. The van der Waals surface area contributed by atoms with Crippen LogP contribution in [0.5, 0.6) is 11.5 Å². The zero-order valence-corrected chi connectivity index (χ0v) is 20.3. The van der Waals surface area contributed by atoms with Gasteiger partial charge in [-0.1, -0.05) is 30.7 Å². The Balaban J connectivity index is 0.00000341. The summed E-state index contributed by atoms with van der Waals surface area (Å²) in [5.41, 5.74) is 8.66. The molecule has 3 rings (SSSR count). The van der Waals surface area contributed by atoms with Crippen LogP contribution in [0.25, 0.3) is 0 Å². The molecule has 0 bridgehead atoms. The van der Waals surface area contributed by atoms with Gasteiger partial charge in [0.1, 0.15) is 11.5 Å². The fourth-order valence-corrected chi connectivity index (χ4v) is 3.86. The van der Waals surface area contributed by atoms with Crippen molar-refractivity contribution in [3.63, 3.8) is 0 Å². The van der Waals surface area contributed by atoms with Gasteiger partial charge in [-0.3, -0.25) is 9.89 Å². The predicted octanol–water partition coefficient (Wildman–Crippen LogP) is 3.96. The van der Waals surface area contributed by atoms with Crippen molar-refractivity contribution in [2.24, 2.45) is 10.7 Å². The molecule has 0 spiro atoms. The van der Waals surface area contributed by atoms with Crippen LogP contribution in [0.1, 0.15) is 36.4 Å². The van der Waals surface area contributed by atoms with Crippen LogP contribution in [0.4, 0.5) is 0 Å². The number of nitrogens with one attached hydrogen (secondary N) is 1. The summed E-state index contributed by atoms with van der Waals surface area (Å²) in [6.07, 6.45) is 4.68. The van der Waals surface area contributed by atoms with Crippen LogP contribution in [0.3, 0.4) is 0 Å². The number of benzene rings is 2.